The van der Waals surface area contributed by atoms with Crippen LogP contribution in [-0.2, 0) is 14.3 Å². The Morgan fingerprint density at radius 1 is 1.44 bits per heavy atom. The van der Waals surface area contributed by atoms with Gasteiger partial charge in [-0.1, -0.05) is 12.1 Å². The molecule has 0 radical (unpaired) electrons. The molecule has 1 aromatic rings. The Hall–Kier alpha value is -1.91. The lowest BCUT2D eigenvalue weighted by atomic mass is 10.0. The number of hydrogen-bond acceptors (Lipinski definition) is 4. The zero-order chi connectivity index (χ0) is 11.5. The molecule has 0 saturated heterocycles. The highest BCUT2D eigenvalue weighted by atomic mass is 19.1. The summed E-state index contributed by atoms with van der Waals surface area (Å²) in [6.07, 6.45) is 0.684. The minimum atomic E-state index is -0.713. The monoisotopic (exact) mass is 223 g/mol. The van der Waals surface area contributed by atoms with Gasteiger partial charge in [-0.2, -0.15) is 0 Å². The Morgan fingerprint density at radius 3 is 2.75 bits per heavy atom. The molecule has 0 fully saturated rings. The van der Waals surface area contributed by atoms with Crippen molar-refractivity contribution >= 4 is 12.4 Å². The summed E-state index contributed by atoms with van der Waals surface area (Å²) in [4.78, 5) is 15.2. The smallest absolute Gasteiger partial charge is 0.334 e. The van der Waals surface area contributed by atoms with Crippen LogP contribution in [0.3, 0.4) is 0 Å². The molecule has 0 aromatic heterocycles. The van der Waals surface area contributed by atoms with Crippen LogP contribution in [0.25, 0.3) is 0 Å². The Balaban J connectivity index is 2.21. The molecule has 1 heterocycles. The molecule has 0 unspecified atom stereocenters. The number of hydrogen-bond donors (Lipinski definition) is 0. The highest BCUT2D eigenvalue weighted by Crippen LogP contribution is 2.27. The molecule has 0 spiro atoms. The molecule has 16 heavy (non-hydrogen) atoms. The first-order valence-corrected chi connectivity index (χ1v) is 4.73. The molecule has 84 valence electrons. The van der Waals surface area contributed by atoms with Crippen LogP contribution in [0.2, 0.25) is 0 Å². The predicted molar refractivity (Wildman–Crippen MR) is 54.5 cm³/mol. The zero-order valence-electron chi connectivity index (χ0n) is 8.59. The van der Waals surface area contributed by atoms with Crippen molar-refractivity contribution in [2.75, 3.05) is 7.11 Å². The highest BCUT2D eigenvalue weighted by Gasteiger charge is 2.34. The standard InChI is InChI=1S/C11H10FNO3/c1-15-11(14)9-10(16-6-13-9)7-2-4-8(12)5-3-7/h2-6,9-10H,1H3/t9-,10+/m1/s1. The normalized spacial score (nSPS) is 22.9. The van der Waals surface area contributed by atoms with Gasteiger partial charge in [0.1, 0.15) is 5.82 Å². The average molecular weight is 223 g/mol. The van der Waals surface area contributed by atoms with E-state index in [0.717, 1.165) is 0 Å². The maximum absolute atomic E-state index is 12.7. The summed E-state index contributed by atoms with van der Waals surface area (Å²) in [5, 5.41) is 0. The number of nitrogens with zero attached hydrogens (tertiary/aromatic N) is 1. The van der Waals surface area contributed by atoms with Crippen molar-refractivity contribution in [1.29, 1.82) is 0 Å². The molecule has 0 amide bonds. The number of rotatable bonds is 2. The van der Waals surface area contributed by atoms with Crippen molar-refractivity contribution in [3.63, 3.8) is 0 Å². The summed E-state index contributed by atoms with van der Waals surface area (Å²) >= 11 is 0. The molecular weight excluding hydrogens is 213 g/mol. The molecular formula is C11H10FNO3. The third-order valence-corrected chi connectivity index (χ3v) is 2.36. The van der Waals surface area contributed by atoms with Crippen LogP contribution in [0.1, 0.15) is 11.7 Å². The van der Waals surface area contributed by atoms with Gasteiger partial charge < -0.3 is 9.47 Å². The Morgan fingerprint density at radius 2 is 2.12 bits per heavy atom. The van der Waals surface area contributed by atoms with Crippen LogP contribution < -0.4 is 0 Å². The first kappa shape index (κ1) is 10.6. The van der Waals surface area contributed by atoms with E-state index in [4.69, 9.17) is 4.74 Å². The molecule has 2 rings (SSSR count). The average Bonchev–Trinajstić information content (AvgIpc) is 2.78. The van der Waals surface area contributed by atoms with E-state index in [-0.39, 0.29) is 5.82 Å². The molecule has 0 saturated carbocycles. The SMILES string of the molecule is COC(=O)[C@@H]1N=CO[C@H]1c1ccc(F)cc1. The van der Waals surface area contributed by atoms with Crippen LogP contribution in [0.4, 0.5) is 4.39 Å². The Labute approximate surface area is 91.7 Å². The van der Waals surface area contributed by atoms with E-state index in [1.807, 2.05) is 0 Å². The number of halogens is 1. The van der Waals surface area contributed by atoms with Crippen LogP contribution >= 0.6 is 0 Å². The lowest BCUT2D eigenvalue weighted by Crippen LogP contribution is -2.25. The molecule has 5 heteroatoms. The number of carbonyl (C=O) groups excluding carboxylic acids is 1. The third-order valence-electron chi connectivity index (χ3n) is 2.36. The maximum atomic E-state index is 12.7. The Bertz CT molecular complexity index is 416. The minimum absolute atomic E-state index is 0.336. The molecule has 2 atom stereocenters. The lowest BCUT2D eigenvalue weighted by Gasteiger charge is -2.15. The molecule has 4 nitrogen and oxygen atoms in total. The van der Waals surface area contributed by atoms with Gasteiger partial charge in [-0.25, -0.2) is 14.2 Å². The molecule has 0 bridgehead atoms. The minimum Gasteiger partial charge on any atom is -0.473 e. The number of carbonyl (C=O) groups is 1. The zero-order valence-corrected chi connectivity index (χ0v) is 8.59. The molecule has 1 aliphatic heterocycles. The first-order chi connectivity index (χ1) is 7.72. The largest absolute Gasteiger partial charge is 0.473 e. The maximum Gasteiger partial charge on any atom is 0.334 e. The van der Waals surface area contributed by atoms with Crippen LogP contribution in [-0.4, -0.2) is 25.5 Å². The van der Waals surface area contributed by atoms with Crippen LogP contribution in [0.5, 0.6) is 0 Å². The van der Waals surface area contributed by atoms with Crippen molar-refractivity contribution < 1.29 is 18.7 Å². The van der Waals surface area contributed by atoms with Gasteiger partial charge in [0, 0.05) is 0 Å². The fourth-order valence-corrected chi connectivity index (χ4v) is 1.54. The van der Waals surface area contributed by atoms with Crippen LogP contribution in [0, 0.1) is 5.82 Å². The molecule has 0 N–H and O–H groups in total. The number of aliphatic imine (C=N–C) groups is 1. The van der Waals surface area contributed by atoms with E-state index in [1.165, 1.54) is 25.6 Å². The number of methoxy groups -OCH3 is 1. The van der Waals surface area contributed by atoms with E-state index in [1.54, 1.807) is 12.1 Å². The van der Waals surface area contributed by atoms with E-state index < -0.39 is 18.1 Å². The fraction of sp³-hybridized carbons (Fsp3) is 0.273. The predicted octanol–water partition coefficient (Wildman–Crippen LogP) is 1.47. The summed E-state index contributed by atoms with van der Waals surface area (Å²) in [7, 11) is 1.29. The topological polar surface area (TPSA) is 47.9 Å². The second-order valence-electron chi connectivity index (χ2n) is 3.33. The third kappa shape index (κ3) is 1.88. The van der Waals surface area contributed by atoms with Crippen molar-refractivity contribution in [2.24, 2.45) is 4.99 Å². The summed E-state index contributed by atoms with van der Waals surface area (Å²) in [5.41, 5.74) is 0.689. The van der Waals surface area contributed by atoms with Crippen molar-refractivity contribution in [2.45, 2.75) is 12.1 Å². The summed E-state index contributed by atoms with van der Waals surface area (Å²) in [5.74, 6) is -0.805. The van der Waals surface area contributed by atoms with Gasteiger partial charge in [0.05, 0.1) is 7.11 Å². The number of ether oxygens (including phenoxy) is 2. The quantitative estimate of drug-likeness (QED) is 0.713. The first-order valence-electron chi connectivity index (χ1n) is 4.73. The van der Waals surface area contributed by atoms with Gasteiger partial charge in [0.15, 0.2) is 18.5 Å². The number of benzene rings is 1. The second-order valence-corrected chi connectivity index (χ2v) is 3.33. The molecule has 0 aliphatic carbocycles. The van der Waals surface area contributed by atoms with Gasteiger partial charge in [0.2, 0.25) is 0 Å². The Kier molecular flexibility index (Phi) is 2.85. The second kappa shape index (κ2) is 4.30. The van der Waals surface area contributed by atoms with E-state index in [0.29, 0.717) is 5.56 Å². The lowest BCUT2D eigenvalue weighted by molar-refractivity contribution is -0.143. The number of esters is 1. The summed E-state index contributed by atoms with van der Waals surface area (Å²) < 4.78 is 22.5. The van der Waals surface area contributed by atoms with E-state index in [9.17, 15) is 9.18 Å². The van der Waals surface area contributed by atoms with Gasteiger partial charge in [0.25, 0.3) is 0 Å². The molecule has 1 aliphatic rings. The highest BCUT2D eigenvalue weighted by molar-refractivity contribution is 5.80. The van der Waals surface area contributed by atoms with Crippen molar-refractivity contribution in [3.05, 3.63) is 35.6 Å². The summed E-state index contributed by atoms with van der Waals surface area (Å²) in [6.45, 7) is 0. The fourth-order valence-electron chi connectivity index (χ4n) is 1.54. The van der Waals surface area contributed by atoms with Crippen molar-refractivity contribution in [3.8, 4) is 0 Å². The molecule has 1 aromatic carbocycles. The van der Waals surface area contributed by atoms with Gasteiger partial charge in [-0.3, -0.25) is 0 Å². The van der Waals surface area contributed by atoms with E-state index >= 15 is 0 Å². The van der Waals surface area contributed by atoms with Gasteiger partial charge in [-0.05, 0) is 17.7 Å². The van der Waals surface area contributed by atoms with Crippen molar-refractivity contribution in [1.82, 2.24) is 0 Å². The summed E-state index contributed by atoms with van der Waals surface area (Å²) in [6, 6.07) is 5.03. The van der Waals surface area contributed by atoms with E-state index in [2.05, 4.69) is 9.73 Å². The van der Waals surface area contributed by atoms with Crippen LogP contribution in [0.15, 0.2) is 29.3 Å². The van der Waals surface area contributed by atoms with Gasteiger partial charge >= 0.3 is 5.97 Å². The van der Waals surface area contributed by atoms with Gasteiger partial charge in [-0.15, -0.1) is 0 Å².